The summed E-state index contributed by atoms with van der Waals surface area (Å²) in [5, 5.41) is 4.02. The van der Waals surface area contributed by atoms with Crippen molar-refractivity contribution in [3.8, 4) is 24.7 Å². The first kappa shape index (κ1) is 11.9. The minimum atomic E-state index is -0.126. The van der Waals surface area contributed by atoms with Crippen LogP contribution in [0.1, 0.15) is 5.56 Å². The van der Waals surface area contributed by atoms with Gasteiger partial charge in [0.25, 0.3) is 0 Å². The van der Waals surface area contributed by atoms with Gasteiger partial charge in [0.2, 0.25) is 5.91 Å². The van der Waals surface area contributed by atoms with E-state index in [0.29, 0.717) is 0 Å². The smallest absolute Gasteiger partial charge is 0.245 e. The molecule has 1 rings (SSSR count). The van der Waals surface area contributed by atoms with Gasteiger partial charge in [0.1, 0.15) is 6.54 Å². The Kier molecular flexibility index (Phi) is 4.17. The maximum Gasteiger partial charge on any atom is 0.245 e. The van der Waals surface area contributed by atoms with Gasteiger partial charge in [-0.15, -0.1) is 12.8 Å². The van der Waals surface area contributed by atoms with E-state index < -0.39 is 0 Å². The van der Waals surface area contributed by atoms with Crippen molar-refractivity contribution in [2.45, 2.75) is 13.5 Å². The van der Waals surface area contributed by atoms with Crippen LogP contribution in [0.5, 0.6) is 0 Å². The summed E-state index contributed by atoms with van der Waals surface area (Å²) in [4.78, 5) is 13.2. The molecule has 1 heterocycles. The molecule has 0 bridgehead atoms. The highest BCUT2D eigenvalue weighted by atomic mass is 16.2. The van der Waals surface area contributed by atoms with Gasteiger partial charge in [-0.3, -0.25) is 9.48 Å². The van der Waals surface area contributed by atoms with Crippen LogP contribution in [-0.4, -0.2) is 33.7 Å². The van der Waals surface area contributed by atoms with Gasteiger partial charge < -0.3 is 4.90 Å². The summed E-state index contributed by atoms with van der Waals surface area (Å²) < 4.78 is 1.57. The summed E-state index contributed by atoms with van der Waals surface area (Å²) in [6, 6.07) is 0. The summed E-state index contributed by atoms with van der Waals surface area (Å²) in [7, 11) is 0. The molecule has 4 nitrogen and oxygen atoms in total. The molecule has 0 aromatic carbocycles. The third kappa shape index (κ3) is 3.18. The summed E-state index contributed by atoms with van der Waals surface area (Å²) in [5.41, 5.74) is 1.01. The number of amides is 1. The Hall–Kier alpha value is -2.20. The third-order valence-corrected chi connectivity index (χ3v) is 1.98. The number of hydrogen-bond donors (Lipinski definition) is 0. The maximum absolute atomic E-state index is 11.8. The van der Waals surface area contributed by atoms with Crippen molar-refractivity contribution < 1.29 is 4.79 Å². The molecule has 0 fully saturated rings. The lowest BCUT2D eigenvalue weighted by molar-refractivity contribution is -0.130. The zero-order valence-corrected chi connectivity index (χ0v) is 9.18. The summed E-state index contributed by atoms with van der Waals surface area (Å²) in [6.07, 6.45) is 13.8. The monoisotopic (exact) mass is 215 g/mol. The van der Waals surface area contributed by atoms with E-state index in [1.807, 2.05) is 6.92 Å². The molecule has 1 amide bonds. The third-order valence-electron chi connectivity index (χ3n) is 1.98. The van der Waals surface area contributed by atoms with Gasteiger partial charge in [-0.05, 0) is 12.5 Å². The molecule has 0 radical (unpaired) electrons. The zero-order chi connectivity index (χ0) is 12.0. The fraction of sp³-hybridized carbons (Fsp3) is 0.333. The van der Waals surface area contributed by atoms with Crippen molar-refractivity contribution in [2.24, 2.45) is 0 Å². The van der Waals surface area contributed by atoms with Crippen LogP contribution < -0.4 is 0 Å². The van der Waals surface area contributed by atoms with E-state index in [2.05, 4.69) is 16.9 Å². The predicted octanol–water partition coefficient (Wildman–Crippen LogP) is 0.287. The van der Waals surface area contributed by atoms with Crippen LogP contribution >= 0.6 is 0 Å². The lowest BCUT2D eigenvalue weighted by Crippen LogP contribution is -2.34. The maximum atomic E-state index is 11.8. The minimum absolute atomic E-state index is 0.126. The first-order valence-corrected chi connectivity index (χ1v) is 4.81. The number of carbonyl (C=O) groups excluding carboxylic acids is 1. The van der Waals surface area contributed by atoms with Crippen molar-refractivity contribution in [3.05, 3.63) is 18.0 Å². The van der Waals surface area contributed by atoms with Crippen molar-refractivity contribution in [2.75, 3.05) is 13.1 Å². The Morgan fingerprint density at radius 3 is 2.56 bits per heavy atom. The topological polar surface area (TPSA) is 38.1 Å². The second-order valence-corrected chi connectivity index (χ2v) is 3.37. The second-order valence-electron chi connectivity index (χ2n) is 3.37. The summed E-state index contributed by atoms with van der Waals surface area (Å²) in [5.74, 6) is 4.68. The first-order chi connectivity index (χ1) is 7.67. The number of aryl methyl sites for hydroxylation is 1. The van der Waals surface area contributed by atoms with Crippen molar-refractivity contribution >= 4 is 5.91 Å². The number of carbonyl (C=O) groups is 1. The van der Waals surface area contributed by atoms with E-state index in [0.717, 1.165) is 5.56 Å². The van der Waals surface area contributed by atoms with Gasteiger partial charge in [-0.25, -0.2) is 0 Å². The molecule has 4 heteroatoms. The van der Waals surface area contributed by atoms with E-state index in [1.165, 1.54) is 4.90 Å². The normalized spacial score (nSPS) is 9.19. The molecule has 82 valence electrons. The van der Waals surface area contributed by atoms with Gasteiger partial charge in [0, 0.05) is 6.20 Å². The molecular weight excluding hydrogens is 202 g/mol. The largest absolute Gasteiger partial charge is 0.319 e. The van der Waals surface area contributed by atoms with Crippen LogP contribution in [0.15, 0.2) is 12.4 Å². The Morgan fingerprint density at radius 2 is 2.12 bits per heavy atom. The van der Waals surface area contributed by atoms with E-state index >= 15 is 0 Å². The van der Waals surface area contributed by atoms with E-state index in [9.17, 15) is 4.79 Å². The highest BCUT2D eigenvalue weighted by Crippen LogP contribution is 1.97. The lowest BCUT2D eigenvalue weighted by atomic mass is 10.4. The summed E-state index contributed by atoms with van der Waals surface area (Å²) >= 11 is 0. The Labute approximate surface area is 95.2 Å². The predicted molar refractivity (Wildman–Crippen MR) is 61.2 cm³/mol. The van der Waals surface area contributed by atoms with Gasteiger partial charge >= 0.3 is 0 Å². The number of terminal acetylenes is 2. The number of hydrogen-bond acceptors (Lipinski definition) is 2. The molecule has 16 heavy (non-hydrogen) atoms. The quantitative estimate of drug-likeness (QED) is 0.677. The SMILES string of the molecule is C#CCN(CC#C)C(=O)Cn1cc(C)cn1. The van der Waals surface area contributed by atoms with Crippen LogP contribution in [0.4, 0.5) is 0 Å². The average Bonchev–Trinajstić information content (AvgIpc) is 2.63. The van der Waals surface area contributed by atoms with E-state index in [4.69, 9.17) is 12.8 Å². The van der Waals surface area contributed by atoms with E-state index in [1.54, 1.807) is 17.1 Å². The molecule has 0 aliphatic carbocycles. The lowest BCUT2D eigenvalue weighted by Gasteiger charge is -2.16. The van der Waals surface area contributed by atoms with Crippen molar-refractivity contribution in [3.63, 3.8) is 0 Å². The van der Waals surface area contributed by atoms with Crippen molar-refractivity contribution in [1.29, 1.82) is 0 Å². The van der Waals surface area contributed by atoms with Gasteiger partial charge in [-0.2, -0.15) is 5.10 Å². The van der Waals surface area contributed by atoms with E-state index in [-0.39, 0.29) is 25.5 Å². The van der Waals surface area contributed by atoms with Gasteiger partial charge in [-0.1, -0.05) is 11.8 Å². The summed E-state index contributed by atoms with van der Waals surface area (Å²) in [6.45, 7) is 2.53. The average molecular weight is 215 g/mol. The highest BCUT2D eigenvalue weighted by Gasteiger charge is 2.11. The Morgan fingerprint density at radius 1 is 1.50 bits per heavy atom. The second kappa shape index (κ2) is 5.63. The van der Waals surface area contributed by atoms with Gasteiger partial charge in [0.05, 0.1) is 19.3 Å². The fourth-order valence-electron chi connectivity index (χ4n) is 1.24. The van der Waals surface area contributed by atoms with Crippen LogP contribution in [-0.2, 0) is 11.3 Å². The first-order valence-electron chi connectivity index (χ1n) is 4.81. The molecule has 0 saturated heterocycles. The molecule has 1 aromatic heterocycles. The molecule has 0 N–H and O–H groups in total. The van der Waals surface area contributed by atoms with Crippen LogP contribution in [0.2, 0.25) is 0 Å². The minimum Gasteiger partial charge on any atom is -0.319 e. The Balaban J connectivity index is 2.63. The zero-order valence-electron chi connectivity index (χ0n) is 9.18. The molecule has 0 unspecified atom stereocenters. The molecule has 0 aliphatic rings. The van der Waals surface area contributed by atoms with Crippen LogP contribution in [0, 0.1) is 31.6 Å². The molecule has 1 aromatic rings. The number of nitrogens with zero attached hydrogens (tertiary/aromatic N) is 3. The number of aromatic nitrogens is 2. The molecule has 0 saturated carbocycles. The standard InChI is InChI=1S/C12H13N3O/c1-4-6-14(7-5-2)12(16)10-15-9-11(3)8-13-15/h1-2,8-9H,6-7,10H2,3H3. The molecule has 0 aliphatic heterocycles. The molecule has 0 atom stereocenters. The van der Waals surface area contributed by atoms with Crippen LogP contribution in [0.3, 0.4) is 0 Å². The highest BCUT2D eigenvalue weighted by molar-refractivity contribution is 5.76. The number of rotatable bonds is 4. The Bertz CT molecular complexity index is 432. The fourth-order valence-corrected chi connectivity index (χ4v) is 1.24. The van der Waals surface area contributed by atoms with Crippen molar-refractivity contribution in [1.82, 2.24) is 14.7 Å². The molecular formula is C12H13N3O. The van der Waals surface area contributed by atoms with Crippen LogP contribution in [0.25, 0.3) is 0 Å². The molecule has 0 spiro atoms. The van der Waals surface area contributed by atoms with Gasteiger partial charge in [0.15, 0.2) is 0 Å².